The highest BCUT2D eigenvalue weighted by Crippen LogP contribution is 2.30. The molecule has 1 aromatic carbocycles. The van der Waals surface area contributed by atoms with Gasteiger partial charge >= 0.3 is 0 Å². The zero-order valence-corrected chi connectivity index (χ0v) is 10.1. The molecule has 0 bridgehead atoms. The molecule has 1 aliphatic rings. The molecule has 1 heterocycles. The molecular formula is C13H19NO3. The van der Waals surface area contributed by atoms with Crippen molar-refractivity contribution in [1.29, 1.82) is 0 Å². The van der Waals surface area contributed by atoms with E-state index in [-0.39, 0.29) is 5.75 Å². The number of aliphatic hydroxyl groups is 1. The first-order valence-corrected chi connectivity index (χ1v) is 5.92. The van der Waals surface area contributed by atoms with Gasteiger partial charge < -0.3 is 20.3 Å². The van der Waals surface area contributed by atoms with Crippen LogP contribution in [0.4, 0.5) is 0 Å². The third kappa shape index (κ3) is 2.90. The van der Waals surface area contributed by atoms with E-state index in [9.17, 15) is 10.2 Å². The highest BCUT2D eigenvalue weighted by atomic mass is 16.5. The summed E-state index contributed by atoms with van der Waals surface area (Å²) in [5, 5.41) is 23.1. The zero-order chi connectivity index (χ0) is 12.3. The number of methoxy groups -OCH3 is 1. The van der Waals surface area contributed by atoms with Crippen molar-refractivity contribution >= 4 is 0 Å². The van der Waals surface area contributed by atoms with Crippen LogP contribution in [0.1, 0.15) is 18.4 Å². The van der Waals surface area contributed by atoms with Crippen LogP contribution in [0.15, 0.2) is 18.2 Å². The lowest BCUT2D eigenvalue weighted by atomic mass is 9.86. The van der Waals surface area contributed by atoms with Gasteiger partial charge in [-0.15, -0.1) is 0 Å². The second kappa shape index (κ2) is 4.94. The molecule has 0 aliphatic carbocycles. The van der Waals surface area contributed by atoms with Crippen molar-refractivity contribution in [2.45, 2.75) is 24.9 Å². The number of benzene rings is 1. The van der Waals surface area contributed by atoms with Crippen molar-refractivity contribution < 1.29 is 14.9 Å². The van der Waals surface area contributed by atoms with E-state index in [2.05, 4.69) is 5.32 Å². The van der Waals surface area contributed by atoms with E-state index in [0.29, 0.717) is 12.2 Å². The molecule has 0 unspecified atom stereocenters. The Kier molecular flexibility index (Phi) is 3.54. The quantitative estimate of drug-likeness (QED) is 0.735. The van der Waals surface area contributed by atoms with Gasteiger partial charge in [-0.05, 0) is 37.6 Å². The van der Waals surface area contributed by atoms with Crippen molar-refractivity contribution in [3.63, 3.8) is 0 Å². The summed E-state index contributed by atoms with van der Waals surface area (Å²) < 4.78 is 5.23. The number of aromatic hydroxyl groups is 1. The van der Waals surface area contributed by atoms with Crippen LogP contribution in [-0.4, -0.2) is 36.0 Å². The molecule has 3 N–H and O–H groups in total. The summed E-state index contributed by atoms with van der Waals surface area (Å²) in [6, 6.07) is 5.02. The van der Waals surface area contributed by atoms with E-state index >= 15 is 0 Å². The molecule has 0 spiro atoms. The second-order valence-electron chi connectivity index (χ2n) is 4.65. The van der Waals surface area contributed by atoms with Crippen molar-refractivity contribution in [2.24, 2.45) is 0 Å². The van der Waals surface area contributed by atoms with Crippen LogP contribution in [0.2, 0.25) is 0 Å². The van der Waals surface area contributed by atoms with Gasteiger partial charge in [0.15, 0.2) is 0 Å². The van der Waals surface area contributed by atoms with Crippen LogP contribution in [0.25, 0.3) is 0 Å². The Labute approximate surface area is 101 Å². The van der Waals surface area contributed by atoms with E-state index in [1.807, 2.05) is 6.07 Å². The van der Waals surface area contributed by atoms with E-state index in [4.69, 9.17) is 4.74 Å². The molecule has 1 aromatic rings. The van der Waals surface area contributed by atoms with Crippen LogP contribution >= 0.6 is 0 Å². The summed E-state index contributed by atoms with van der Waals surface area (Å²) in [4.78, 5) is 0. The Bertz CT molecular complexity index is 386. The first kappa shape index (κ1) is 12.2. The number of hydrogen-bond acceptors (Lipinski definition) is 4. The number of piperidine rings is 1. The van der Waals surface area contributed by atoms with E-state index in [1.54, 1.807) is 19.2 Å². The molecule has 4 nitrogen and oxygen atoms in total. The van der Waals surface area contributed by atoms with Crippen molar-refractivity contribution in [3.05, 3.63) is 23.8 Å². The molecule has 0 atom stereocenters. The van der Waals surface area contributed by atoms with E-state index < -0.39 is 5.60 Å². The number of ether oxygens (including phenoxy) is 1. The van der Waals surface area contributed by atoms with Crippen LogP contribution in [-0.2, 0) is 6.42 Å². The zero-order valence-electron chi connectivity index (χ0n) is 10.1. The van der Waals surface area contributed by atoms with Gasteiger partial charge in [0, 0.05) is 12.5 Å². The lowest BCUT2D eigenvalue weighted by Gasteiger charge is -2.33. The van der Waals surface area contributed by atoms with Crippen LogP contribution in [0.3, 0.4) is 0 Å². The van der Waals surface area contributed by atoms with Gasteiger partial charge in [0.1, 0.15) is 11.5 Å². The molecule has 0 saturated carbocycles. The molecule has 1 fully saturated rings. The summed E-state index contributed by atoms with van der Waals surface area (Å²) in [6.45, 7) is 1.69. The molecule has 1 saturated heterocycles. The maximum atomic E-state index is 10.5. The second-order valence-corrected chi connectivity index (χ2v) is 4.65. The Morgan fingerprint density at radius 2 is 2.06 bits per heavy atom. The number of phenols is 1. The van der Waals surface area contributed by atoms with Crippen molar-refractivity contribution in [3.8, 4) is 11.5 Å². The van der Waals surface area contributed by atoms with E-state index in [0.717, 1.165) is 31.5 Å². The normalized spacial score (nSPS) is 18.9. The van der Waals surface area contributed by atoms with Gasteiger partial charge in [-0.2, -0.15) is 0 Å². The van der Waals surface area contributed by atoms with Crippen LogP contribution in [0.5, 0.6) is 11.5 Å². The fraction of sp³-hybridized carbons (Fsp3) is 0.538. The molecule has 17 heavy (non-hydrogen) atoms. The predicted octanol–water partition coefficient (Wildman–Crippen LogP) is 1.06. The Morgan fingerprint density at radius 1 is 1.35 bits per heavy atom. The maximum absolute atomic E-state index is 10.5. The van der Waals surface area contributed by atoms with E-state index in [1.165, 1.54) is 0 Å². The fourth-order valence-corrected chi connectivity index (χ4v) is 2.30. The first-order chi connectivity index (χ1) is 8.13. The lowest BCUT2D eigenvalue weighted by Crippen LogP contribution is -2.43. The van der Waals surface area contributed by atoms with Gasteiger partial charge in [0.05, 0.1) is 12.7 Å². The smallest absolute Gasteiger partial charge is 0.125 e. The van der Waals surface area contributed by atoms with Gasteiger partial charge in [-0.25, -0.2) is 0 Å². The number of hydrogen-bond donors (Lipinski definition) is 3. The number of phenolic OH excluding ortho intramolecular Hbond substituents is 1. The van der Waals surface area contributed by atoms with Crippen molar-refractivity contribution in [2.75, 3.05) is 20.2 Å². The molecular weight excluding hydrogens is 218 g/mol. The molecule has 4 heteroatoms. The lowest BCUT2D eigenvalue weighted by molar-refractivity contribution is 0.0104. The Hall–Kier alpha value is -1.26. The van der Waals surface area contributed by atoms with Crippen LogP contribution < -0.4 is 10.1 Å². The summed E-state index contributed by atoms with van der Waals surface area (Å²) >= 11 is 0. The molecule has 2 rings (SSSR count). The average Bonchev–Trinajstić information content (AvgIpc) is 2.32. The minimum atomic E-state index is -0.657. The third-order valence-electron chi connectivity index (χ3n) is 3.32. The van der Waals surface area contributed by atoms with Gasteiger partial charge in [-0.3, -0.25) is 0 Å². The average molecular weight is 237 g/mol. The highest BCUT2D eigenvalue weighted by Gasteiger charge is 2.30. The largest absolute Gasteiger partial charge is 0.508 e. The van der Waals surface area contributed by atoms with Gasteiger partial charge in [0.25, 0.3) is 0 Å². The highest BCUT2D eigenvalue weighted by molar-refractivity contribution is 5.40. The molecule has 94 valence electrons. The number of rotatable bonds is 3. The minimum Gasteiger partial charge on any atom is -0.508 e. The Balaban J connectivity index is 2.17. The standard InChI is InChI=1S/C13H19NO3/c1-17-12-8-11(15)3-2-10(12)9-13(16)4-6-14-7-5-13/h2-3,8,14-16H,4-7,9H2,1H3. The molecule has 0 radical (unpaired) electrons. The van der Waals surface area contributed by atoms with Gasteiger partial charge in [-0.1, -0.05) is 6.07 Å². The molecule has 1 aliphatic heterocycles. The van der Waals surface area contributed by atoms with Crippen molar-refractivity contribution in [1.82, 2.24) is 5.32 Å². The summed E-state index contributed by atoms with van der Waals surface area (Å²) in [6.07, 6.45) is 2.06. The first-order valence-electron chi connectivity index (χ1n) is 5.92. The summed E-state index contributed by atoms with van der Waals surface area (Å²) in [5.74, 6) is 0.819. The molecule has 0 amide bonds. The maximum Gasteiger partial charge on any atom is 0.125 e. The number of nitrogens with one attached hydrogen (secondary N) is 1. The summed E-state index contributed by atoms with van der Waals surface area (Å²) in [5.41, 5.74) is 0.282. The summed E-state index contributed by atoms with van der Waals surface area (Å²) in [7, 11) is 1.57. The minimum absolute atomic E-state index is 0.183. The predicted molar refractivity (Wildman–Crippen MR) is 65.4 cm³/mol. The van der Waals surface area contributed by atoms with Gasteiger partial charge in [0.2, 0.25) is 0 Å². The SMILES string of the molecule is COc1cc(O)ccc1CC1(O)CCNCC1. The molecule has 0 aromatic heterocycles. The van der Waals surface area contributed by atoms with Crippen LogP contribution in [0, 0.1) is 0 Å². The third-order valence-corrected chi connectivity index (χ3v) is 3.32. The topological polar surface area (TPSA) is 61.7 Å². The fourth-order valence-electron chi connectivity index (χ4n) is 2.30. The monoisotopic (exact) mass is 237 g/mol. The Morgan fingerprint density at radius 3 is 2.71 bits per heavy atom.